The molecular weight excluding hydrogens is 379 g/mol. The number of pyridine rings is 1. The third-order valence-corrected chi connectivity index (χ3v) is 5.04. The molecule has 0 amide bonds. The van der Waals surface area contributed by atoms with E-state index in [-0.39, 0.29) is 5.82 Å². The van der Waals surface area contributed by atoms with Crippen molar-refractivity contribution in [1.82, 2.24) is 20.3 Å². The molecule has 30 heavy (non-hydrogen) atoms. The highest BCUT2D eigenvalue weighted by Gasteiger charge is 2.18. The Morgan fingerprint density at radius 3 is 2.67 bits per heavy atom. The third-order valence-electron chi connectivity index (χ3n) is 5.04. The molecule has 0 spiro atoms. The summed E-state index contributed by atoms with van der Waals surface area (Å²) in [7, 11) is 1.72. The fourth-order valence-corrected chi connectivity index (χ4v) is 3.54. The minimum atomic E-state index is -0.312. The summed E-state index contributed by atoms with van der Waals surface area (Å²) in [4.78, 5) is 20.0. The van der Waals surface area contributed by atoms with Gasteiger partial charge in [0.25, 0.3) is 0 Å². The first-order chi connectivity index (χ1) is 14.7. The van der Waals surface area contributed by atoms with Crippen LogP contribution < -0.4 is 20.8 Å². The van der Waals surface area contributed by atoms with Gasteiger partial charge >= 0.3 is 0 Å². The minimum absolute atomic E-state index is 0.312. The van der Waals surface area contributed by atoms with Crippen LogP contribution in [0.4, 0.5) is 10.2 Å². The Morgan fingerprint density at radius 1 is 1.10 bits per heavy atom. The van der Waals surface area contributed by atoms with Crippen molar-refractivity contribution < 1.29 is 4.39 Å². The van der Waals surface area contributed by atoms with Gasteiger partial charge in [0.2, 0.25) is 0 Å². The van der Waals surface area contributed by atoms with Gasteiger partial charge in [-0.25, -0.2) is 14.4 Å². The Hall–Kier alpha value is -3.45. The zero-order chi connectivity index (χ0) is 20.9. The third kappa shape index (κ3) is 3.97. The van der Waals surface area contributed by atoms with E-state index in [9.17, 15) is 4.39 Å². The van der Waals surface area contributed by atoms with Gasteiger partial charge in [-0.3, -0.25) is 9.98 Å². The quantitative estimate of drug-likeness (QED) is 0.673. The van der Waals surface area contributed by atoms with E-state index in [1.54, 1.807) is 43.9 Å². The van der Waals surface area contributed by atoms with Crippen molar-refractivity contribution in [3.05, 3.63) is 59.1 Å². The van der Waals surface area contributed by atoms with E-state index in [1.807, 2.05) is 12.1 Å². The van der Waals surface area contributed by atoms with E-state index < -0.39 is 0 Å². The average molecular weight is 402 g/mol. The van der Waals surface area contributed by atoms with Gasteiger partial charge in [-0.15, -0.1) is 0 Å². The number of nitrogens with zero attached hydrogens (tertiary/aromatic N) is 5. The van der Waals surface area contributed by atoms with Crippen LogP contribution in [0.15, 0.2) is 47.7 Å². The van der Waals surface area contributed by atoms with Gasteiger partial charge in [-0.1, -0.05) is 24.8 Å². The Labute approximate surface area is 174 Å². The molecule has 3 heterocycles. The summed E-state index contributed by atoms with van der Waals surface area (Å²) in [6, 6.07) is 8.46. The van der Waals surface area contributed by atoms with Crippen molar-refractivity contribution in [2.24, 2.45) is 4.99 Å². The highest BCUT2D eigenvalue weighted by atomic mass is 19.1. The number of rotatable bonds is 4. The zero-order valence-electron chi connectivity index (χ0n) is 16.8. The molecular formula is C23H23FN6. The van der Waals surface area contributed by atoms with Gasteiger partial charge in [0.05, 0.1) is 5.35 Å². The molecule has 1 N–H and O–H groups in total. The van der Waals surface area contributed by atoms with E-state index in [4.69, 9.17) is 4.98 Å². The lowest BCUT2D eigenvalue weighted by atomic mass is 10.0. The monoisotopic (exact) mass is 402 g/mol. The summed E-state index contributed by atoms with van der Waals surface area (Å²) in [6.07, 6.45) is 6.91. The number of nitrogens with one attached hydrogen (secondary N) is 1. The lowest BCUT2D eigenvalue weighted by Gasteiger charge is -2.29. The molecule has 7 heteroatoms. The van der Waals surface area contributed by atoms with Crippen molar-refractivity contribution in [3.63, 3.8) is 0 Å². The molecule has 0 unspecified atom stereocenters. The van der Waals surface area contributed by atoms with Crippen molar-refractivity contribution in [3.8, 4) is 22.5 Å². The molecule has 6 nitrogen and oxygen atoms in total. The maximum absolute atomic E-state index is 14.5. The molecule has 4 rings (SSSR count). The maximum Gasteiger partial charge on any atom is 0.162 e. The lowest BCUT2D eigenvalue weighted by Crippen LogP contribution is -2.47. The summed E-state index contributed by atoms with van der Waals surface area (Å²) in [5.41, 5.74) is 1.83. The van der Waals surface area contributed by atoms with Crippen LogP contribution >= 0.6 is 0 Å². The van der Waals surface area contributed by atoms with Crippen LogP contribution in [0, 0.1) is 5.82 Å². The van der Waals surface area contributed by atoms with Crippen molar-refractivity contribution in [2.45, 2.75) is 0 Å². The summed E-state index contributed by atoms with van der Waals surface area (Å²) in [5.74, 6) is 0.996. The first kappa shape index (κ1) is 19.8. The molecule has 1 saturated heterocycles. The van der Waals surface area contributed by atoms with Gasteiger partial charge in [-0.2, -0.15) is 0 Å². The Bertz CT molecular complexity index is 1180. The average Bonchev–Trinajstić information content (AvgIpc) is 2.79. The van der Waals surface area contributed by atoms with Crippen LogP contribution in [-0.2, 0) is 0 Å². The van der Waals surface area contributed by atoms with E-state index in [2.05, 4.69) is 31.8 Å². The number of hydrogen-bond donors (Lipinski definition) is 1. The van der Waals surface area contributed by atoms with Crippen LogP contribution in [0.25, 0.3) is 35.2 Å². The van der Waals surface area contributed by atoms with Crippen molar-refractivity contribution in [2.75, 3.05) is 38.1 Å². The van der Waals surface area contributed by atoms with Gasteiger partial charge in [0.15, 0.2) is 5.82 Å². The van der Waals surface area contributed by atoms with Crippen LogP contribution in [0.5, 0.6) is 0 Å². The summed E-state index contributed by atoms with van der Waals surface area (Å²) in [5, 5.41) is 4.80. The molecule has 3 aromatic rings. The lowest BCUT2D eigenvalue weighted by molar-refractivity contribution is 0.583. The summed E-state index contributed by atoms with van der Waals surface area (Å²) in [6.45, 7) is 7.57. The maximum atomic E-state index is 14.5. The second-order valence-corrected chi connectivity index (χ2v) is 6.94. The second kappa shape index (κ2) is 8.92. The number of benzene rings is 1. The van der Waals surface area contributed by atoms with Crippen molar-refractivity contribution >= 4 is 24.7 Å². The molecule has 1 fully saturated rings. The number of piperazine rings is 1. The topological polar surface area (TPSA) is 66.3 Å². The van der Waals surface area contributed by atoms with E-state index >= 15 is 0 Å². The predicted molar refractivity (Wildman–Crippen MR) is 119 cm³/mol. The fourth-order valence-electron chi connectivity index (χ4n) is 3.54. The number of aliphatic imine (C=N–C) groups is 1. The molecule has 1 aromatic carbocycles. The Balaban J connectivity index is 1.92. The summed E-state index contributed by atoms with van der Waals surface area (Å²) >= 11 is 0. The Kier molecular flexibility index (Phi) is 5.90. The minimum Gasteiger partial charge on any atom is -0.353 e. The largest absolute Gasteiger partial charge is 0.353 e. The number of halogens is 1. The van der Waals surface area contributed by atoms with Gasteiger partial charge in [0, 0.05) is 73.7 Å². The molecule has 1 aliphatic rings. The first-order valence-electron chi connectivity index (χ1n) is 9.83. The van der Waals surface area contributed by atoms with Crippen molar-refractivity contribution in [1.29, 1.82) is 0 Å². The molecule has 0 radical (unpaired) electrons. The van der Waals surface area contributed by atoms with Crippen LogP contribution in [-0.4, -0.2) is 54.4 Å². The first-order valence-corrected chi connectivity index (χ1v) is 9.83. The van der Waals surface area contributed by atoms with Crippen LogP contribution in [0.3, 0.4) is 0 Å². The highest BCUT2D eigenvalue weighted by Crippen LogP contribution is 2.30. The molecule has 0 aliphatic carbocycles. The fraction of sp³-hybridized carbons (Fsp3) is 0.217. The molecule has 1 aliphatic heterocycles. The SMILES string of the molecule is C=c1nc(-c2ccncc2-c2ccccc2F)nc(N2CCNCC2)/c1=C/C=NC. The smallest absolute Gasteiger partial charge is 0.162 e. The van der Waals surface area contributed by atoms with E-state index in [0.29, 0.717) is 27.9 Å². The molecule has 2 aromatic heterocycles. The van der Waals surface area contributed by atoms with Gasteiger partial charge in [-0.05, 0) is 18.2 Å². The predicted octanol–water partition coefficient (Wildman–Crippen LogP) is 1.65. The zero-order valence-corrected chi connectivity index (χ0v) is 16.8. The van der Waals surface area contributed by atoms with E-state index in [0.717, 1.165) is 37.2 Å². The van der Waals surface area contributed by atoms with Gasteiger partial charge < -0.3 is 10.2 Å². The van der Waals surface area contributed by atoms with E-state index in [1.165, 1.54) is 6.07 Å². The number of hydrogen-bond acceptors (Lipinski definition) is 6. The van der Waals surface area contributed by atoms with Crippen LogP contribution in [0.2, 0.25) is 0 Å². The number of anilines is 1. The number of aromatic nitrogens is 3. The molecule has 0 saturated carbocycles. The highest BCUT2D eigenvalue weighted by molar-refractivity contribution is 5.91. The normalized spacial score (nSPS) is 15.1. The molecule has 0 bridgehead atoms. The molecule has 0 atom stereocenters. The Morgan fingerprint density at radius 2 is 1.90 bits per heavy atom. The summed E-state index contributed by atoms with van der Waals surface area (Å²) < 4.78 is 14.5. The van der Waals surface area contributed by atoms with Crippen LogP contribution in [0.1, 0.15) is 0 Å². The van der Waals surface area contributed by atoms with Gasteiger partial charge in [0.1, 0.15) is 11.6 Å². The second-order valence-electron chi connectivity index (χ2n) is 6.94. The standard InChI is InChI=1S/C23H23FN6/c1-16-17(7-9-25-2)23(30-13-11-26-12-14-30)29-22(28-16)19-8-10-27-15-20(19)18-5-3-4-6-21(18)24/h3-10,15,26H,1,11-14H2,2H3/b17-7+,25-9?. The molecule has 152 valence electrons.